The molecule has 7 heteroatoms. The van der Waals surface area contributed by atoms with Crippen molar-refractivity contribution in [2.75, 3.05) is 0 Å². The number of non-ortho nitro benzene ring substituents is 1. The van der Waals surface area contributed by atoms with Crippen LogP contribution in [0.3, 0.4) is 0 Å². The van der Waals surface area contributed by atoms with Gasteiger partial charge in [-0.2, -0.15) is 5.26 Å². The first-order valence-electron chi connectivity index (χ1n) is 9.92. The first-order valence-corrected chi connectivity index (χ1v) is 9.92. The number of rotatable bonds is 4. The summed E-state index contributed by atoms with van der Waals surface area (Å²) in [6.07, 6.45) is 6.74. The van der Waals surface area contributed by atoms with Crippen LogP contribution in [0.1, 0.15) is 51.5 Å². The van der Waals surface area contributed by atoms with Crippen LogP contribution in [-0.4, -0.2) is 27.5 Å². The average molecular weight is 382 g/mol. The van der Waals surface area contributed by atoms with Gasteiger partial charge in [0.1, 0.15) is 5.84 Å². The van der Waals surface area contributed by atoms with Crippen molar-refractivity contribution < 1.29 is 10.0 Å². The van der Waals surface area contributed by atoms with Gasteiger partial charge in [-0.15, -0.1) is 0 Å². The maximum Gasteiger partial charge on any atom is 0.269 e. The Labute approximate surface area is 164 Å². The number of nitriles is 1. The molecule has 4 aliphatic rings. The Balaban J connectivity index is 1.65. The molecule has 0 aliphatic heterocycles. The van der Waals surface area contributed by atoms with E-state index in [0.29, 0.717) is 23.6 Å². The number of hydrogen-bond donors (Lipinski definition) is 2. The van der Waals surface area contributed by atoms with E-state index in [-0.39, 0.29) is 11.7 Å². The highest BCUT2D eigenvalue weighted by Crippen LogP contribution is 2.56. The molecule has 4 bridgehead atoms. The first-order chi connectivity index (χ1) is 13.2. The Morgan fingerprint density at radius 1 is 1.29 bits per heavy atom. The summed E-state index contributed by atoms with van der Waals surface area (Å²) < 4.78 is 0. The Hall–Kier alpha value is -2.46. The van der Waals surface area contributed by atoms with Crippen LogP contribution in [0.2, 0.25) is 0 Å². The van der Waals surface area contributed by atoms with Gasteiger partial charge in [0.25, 0.3) is 5.69 Å². The smallest absolute Gasteiger partial charge is 0.269 e. The van der Waals surface area contributed by atoms with E-state index in [9.17, 15) is 20.5 Å². The van der Waals surface area contributed by atoms with Gasteiger partial charge in [-0.25, -0.2) is 0 Å². The number of hydrogen-bond acceptors (Lipinski definition) is 5. The molecule has 2 N–H and O–H groups in total. The highest BCUT2D eigenvalue weighted by atomic mass is 16.6. The molecule has 2 unspecified atom stereocenters. The molecule has 1 aromatic rings. The van der Waals surface area contributed by atoms with Crippen molar-refractivity contribution in [3.8, 4) is 6.19 Å². The lowest BCUT2D eigenvalue weighted by Crippen LogP contribution is -2.57. The third kappa shape index (κ3) is 3.16. The predicted octanol–water partition coefficient (Wildman–Crippen LogP) is 3.28. The summed E-state index contributed by atoms with van der Waals surface area (Å²) in [7, 11) is 0. The molecule has 0 spiro atoms. The minimum absolute atomic E-state index is 0.0422. The van der Waals surface area contributed by atoms with Gasteiger partial charge in [0.05, 0.1) is 16.6 Å². The summed E-state index contributed by atoms with van der Waals surface area (Å²) >= 11 is 0. The molecule has 28 heavy (non-hydrogen) atoms. The molecule has 4 fully saturated rings. The second kappa shape index (κ2) is 6.56. The number of nitro benzene ring substituents is 1. The van der Waals surface area contributed by atoms with Gasteiger partial charge >= 0.3 is 0 Å². The van der Waals surface area contributed by atoms with Crippen LogP contribution in [-0.2, 0) is 5.41 Å². The van der Waals surface area contributed by atoms with Crippen molar-refractivity contribution in [2.45, 2.75) is 63.0 Å². The van der Waals surface area contributed by atoms with Crippen LogP contribution in [0.4, 0.5) is 5.69 Å². The minimum atomic E-state index is -0.587. The standard InChI is InChI=1S/C21H26N4O3/c1-20(2,16-3-5-17(6-4-16)25(27)28)19(23-12-22)24-18-14-7-13-8-15(18)11-21(26,9-13)10-14/h3-6,13-15,18,26H,7-11H2,1-2H3,(H,23,24). The zero-order chi connectivity index (χ0) is 20.1. The van der Waals surface area contributed by atoms with Gasteiger partial charge in [0.15, 0.2) is 6.19 Å². The molecule has 4 saturated carbocycles. The molecule has 0 saturated heterocycles. The van der Waals surface area contributed by atoms with E-state index in [4.69, 9.17) is 4.99 Å². The molecular formula is C21H26N4O3. The van der Waals surface area contributed by atoms with Crippen LogP contribution in [0.5, 0.6) is 0 Å². The molecule has 7 nitrogen and oxygen atoms in total. The highest BCUT2D eigenvalue weighted by molar-refractivity contribution is 5.93. The van der Waals surface area contributed by atoms with Crippen LogP contribution < -0.4 is 5.32 Å². The molecule has 0 amide bonds. The Morgan fingerprint density at radius 2 is 1.89 bits per heavy atom. The lowest BCUT2D eigenvalue weighted by atomic mass is 9.52. The fraction of sp³-hybridized carbons (Fsp3) is 0.619. The second-order valence-electron chi connectivity index (χ2n) is 9.33. The number of benzene rings is 1. The van der Waals surface area contributed by atoms with Crippen molar-refractivity contribution >= 4 is 11.5 Å². The normalized spacial score (nSPS) is 34.1. The van der Waals surface area contributed by atoms with E-state index >= 15 is 0 Å². The maximum atomic E-state index is 10.9. The average Bonchev–Trinajstić information content (AvgIpc) is 2.62. The third-order valence-electron chi connectivity index (χ3n) is 7.04. The summed E-state index contributed by atoms with van der Waals surface area (Å²) in [6, 6.07) is 6.54. The molecule has 2 atom stereocenters. The minimum Gasteiger partial charge on any atom is -0.390 e. The summed E-state index contributed by atoms with van der Waals surface area (Å²) in [5, 5.41) is 33.8. The number of nitrogens with zero attached hydrogens (tertiary/aromatic N) is 3. The van der Waals surface area contributed by atoms with Crippen molar-refractivity contribution in [1.29, 1.82) is 5.26 Å². The van der Waals surface area contributed by atoms with E-state index in [0.717, 1.165) is 37.7 Å². The molecule has 0 radical (unpaired) electrons. The lowest BCUT2D eigenvalue weighted by molar-refractivity contribution is -0.384. The van der Waals surface area contributed by atoms with Gasteiger partial charge in [0.2, 0.25) is 0 Å². The van der Waals surface area contributed by atoms with Gasteiger partial charge in [0, 0.05) is 17.5 Å². The lowest BCUT2D eigenvalue weighted by Gasteiger charge is -2.57. The summed E-state index contributed by atoms with van der Waals surface area (Å²) in [5.74, 6) is 1.91. The molecule has 148 valence electrons. The van der Waals surface area contributed by atoms with Crippen molar-refractivity contribution in [3.63, 3.8) is 0 Å². The summed E-state index contributed by atoms with van der Waals surface area (Å²) in [4.78, 5) is 15.6. The van der Waals surface area contributed by atoms with E-state index in [1.54, 1.807) is 12.1 Å². The molecule has 0 aromatic heterocycles. The Kier molecular flexibility index (Phi) is 4.42. The van der Waals surface area contributed by atoms with Gasteiger partial charge in [-0.3, -0.25) is 20.4 Å². The SMILES string of the molecule is CC(C)(C(=NC1C2CC3CC1CC(O)(C3)C2)NC#N)c1ccc([N+](=O)[O-])cc1. The van der Waals surface area contributed by atoms with Gasteiger partial charge < -0.3 is 5.11 Å². The van der Waals surface area contributed by atoms with Crippen LogP contribution >= 0.6 is 0 Å². The number of aliphatic hydroxyl groups is 1. The van der Waals surface area contributed by atoms with Crippen LogP contribution in [0.25, 0.3) is 0 Å². The molecule has 0 heterocycles. The van der Waals surface area contributed by atoms with E-state index < -0.39 is 15.9 Å². The van der Waals surface area contributed by atoms with E-state index in [1.807, 2.05) is 20.0 Å². The number of nitrogens with one attached hydrogen (secondary N) is 1. The first kappa shape index (κ1) is 18.9. The monoisotopic (exact) mass is 382 g/mol. The van der Waals surface area contributed by atoms with Crippen molar-refractivity contribution in [3.05, 3.63) is 39.9 Å². The molecule has 4 aliphatic carbocycles. The fourth-order valence-corrected chi connectivity index (χ4v) is 5.85. The largest absolute Gasteiger partial charge is 0.390 e. The molecular weight excluding hydrogens is 356 g/mol. The van der Waals surface area contributed by atoms with Crippen molar-refractivity contribution in [2.24, 2.45) is 22.7 Å². The molecule has 5 rings (SSSR count). The fourth-order valence-electron chi connectivity index (χ4n) is 5.85. The highest BCUT2D eigenvalue weighted by Gasteiger charge is 2.55. The van der Waals surface area contributed by atoms with Gasteiger partial charge in [-0.1, -0.05) is 12.1 Å². The Morgan fingerprint density at radius 3 is 2.39 bits per heavy atom. The predicted molar refractivity (Wildman–Crippen MR) is 105 cm³/mol. The topological polar surface area (TPSA) is 112 Å². The quantitative estimate of drug-likeness (QED) is 0.207. The van der Waals surface area contributed by atoms with E-state index in [1.165, 1.54) is 12.1 Å². The van der Waals surface area contributed by atoms with Crippen LogP contribution in [0.15, 0.2) is 29.3 Å². The summed E-state index contributed by atoms with van der Waals surface area (Å²) in [6.45, 7) is 3.95. The third-order valence-corrected chi connectivity index (χ3v) is 7.04. The van der Waals surface area contributed by atoms with Gasteiger partial charge in [-0.05, 0) is 69.3 Å². The zero-order valence-corrected chi connectivity index (χ0v) is 16.3. The van der Waals surface area contributed by atoms with Crippen LogP contribution in [0, 0.1) is 39.3 Å². The molecule has 1 aromatic carbocycles. The van der Waals surface area contributed by atoms with E-state index in [2.05, 4.69) is 5.32 Å². The zero-order valence-electron chi connectivity index (χ0n) is 16.3. The number of amidine groups is 1. The number of aliphatic imine (C=N–C) groups is 1. The summed E-state index contributed by atoms with van der Waals surface area (Å²) in [5.41, 5.74) is -0.196. The Bertz CT molecular complexity index is 839. The van der Waals surface area contributed by atoms with Crippen molar-refractivity contribution in [1.82, 2.24) is 5.32 Å². The number of nitro groups is 1. The second-order valence-corrected chi connectivity index (χ2v) is 9.33. The maximum absolute atomic E-state index is 10.9.